The van der Waals surface area contributed by atoms with E-state index >= 15 is 0 Å². The van der Waals surface area contributed by atoms with E-state index in [1.807, 2.05) is 13.0 Å². The van der Waals surface area contributed by atoms with E-state index in [9.17, 15) is 18.7 Å². The molecule has 0 heterocycles. The Morgan fingerprint density at radius 1 is 1.20 bits per heavy atom. The lowest BCUT2D eigenvalue weighted by Gasteiger charge is -2.17. The van der Waals surface area contributed by atoms with Gasteiger partial charge in [-0.3, -0.25) is 0 Å². The fourth-order valence-corrected chi connectivity index (χ4v) is 1.91. The number of nitrogens with one attached hydrogen (secondary N) is 1. The summed E-state index contributed by atoms with van der Waals surface area (Å²) in [4.78, 5) is 11.3. The minimum Gasteiger partial charge on any atom is -0.479 e. The van der Waals surface area contributed by atoms with Crippen molar-refractivity contribution < 1.29 is 18.7 Å². The number of carbonyl (C=O) groups is 1. The van der Waals surface area contributed by atoms with Crippen LogP contribution in [0.4, 0.5) is 14.5 Å². The number of benzene rings is 2. The zero-order valence-corrected chi connectivity index (χ0v) is 10.7. The Kier molecular flexibility index (Phi) is 3.98. The molecular formula is C15H13F2NO2. The maximum atomic E-state index is 13.7. The summed E-state index contributed by atoms with van der Waals surface area (Å²) < 4.78 is 26.6. The summed E-state index contributed by atoms with van der Waals surface area (Å²) in [5.74, 6) is -2.87. The van der Waals surface area contributed by atoms with E-state index in [1.54, 1.807) is 18.2 Å². The van der Waals surface area contributed by atoms with Gasteiger partial charge in [0.25, 0.3) is 0 Å². The summed E-state index contributed by atoms with van der Waals surface area (Å²) in [7, 11) is 0. The van der Waals surface area contributed by atoms with Crippen LogP contribution in [-0.4, -0.2) is 11.1 Å². The monoisotopic (exact) mass is 277 g/mol. The van der Waals surface area contributed by atoms with Crippen molar-refractivity contribution in [2.75, 3.05) is 5.32 Å². The van der Waals surface area contributed by atoms with Gasteiger partial charge in [0.2, 0.25) is 0 Å². The molecule has 0 fully saturated rings. The number of hydrogen-bond donors (Lipinski definition) is 2. The van der Waals surface area contributed by atoms with E-state index in [0.717, 1.165) is 17.7 Å². The van der Waals surface area contributed by atoms with Crippen molar-refractivity contribution in [2.24, 2.45) is 0 Å². The highest BCUT2D eigenvalue weighted by Crippen LogP contribution is 2.23. The van der Waals surface area contributed by atoms with Crippen LogP contribution in [0.2, 0.25) is 0 Å². The third kappa shape index (κ3) is 3.12. The normalized spacial score (nSPS) is 11.9. The Bertz CT molecular complexity index is 644. The number of halogens is 2. The average Bonchev–Trinajstić information content (AvgIpc) is 2.36. The summed E-state index contributed by atoms with van der Waals surface area (Å²) in [6, 6.07) is 8.61. The van der Waals surface area contributed by atoms with E-state index in [-0.39, 0.29) is 5.56 Å². The predicted octanol–water partition coefficient (Wildman–Crippen LogP) is 3.51. The zero-order valence-electron chi connectivity index (χ0n) is 10.7. The molecule has 0 amide bonds. The molecule has 1 atom stereocenters. The van der Waals surface area contributed by atoms with Crippen molar-refractivity contribution in [3.8, 4) is 0 Å². The molecule has 2 rings (SSSR count). The molecule has 0 aliphatic carbocycles. The quantitative estimate of drug-likeness (QED) is 0.899. The average molecular weight is 277 g/mol. The molecule has 2 N–H and O–H groups in total. The lowest BCUT2D eigenvalue weighted by molar-refractivity contribution is -0.138. The summed E-state index contributed by atoms with van der Waals surface area (Å²) in [6.45, 7) is 1.86. The number of aryl methyl sites for hydroxylation is 1. The molecule has 20 heavy (non-hydrogen) atoms. The second-order valence-corrected chi connectivity index (χ2v) is 4.45. The predicted molar refractivity (Wildman–Crippen MR) is 71.5 cm³/mol. The van der Waals surface area contributed by atoms with E-state index in [4.69, 9.17) is 0 Å². The van der Waals surface area contributed by atoms with E-state index in [1.165, 1.54) is 0 Å². The third-order valence-electron chi connectivity index (χ3n) is 2.85. The minimum absolute atomic E-state index is 0.111. The summed E-state index contributed by atoms with van der Waals surface area (Å²) in [5.41, 5.74) is 1.39. The van der Waals surface area contributed by atoms with Crippen molar-refractivity contribution in [1.82, 2.24) is 0 Å². The number of rotatable bonds is 4. The molecule has 0 aliphatic rings. The molecule has 0 aromatic heterocycles. The molecule has 0 spiro atoms. The molecule has 0 radical (unpaired) electrons. The van der Waals surface area contributed by atoms with Crippen molar-refractivity contribution in [2.45, 2.75) is 13.0 Å². The highest BCUT2D eigenvalue weighted by molar-refractivity contribution is 5.79. The Labute approximate surface area is 114 Å². The SMILES string of the molecule is Cc1cccc(NC(C(=O)O)c2ccc(F)cc2F)c1. The highest BCUT2D eigenvalue weighted by Gasteiger charge is 2.23. The standard InChI is InChI=1S/C15H13F2NO2/c1-9-3-2-4-11(7-9)18-14(15(19)20)12-6-5-10(16)8-13(12)17/h2-8,14,18H,1H3,(H,19,20). The largest absolute Gasteiger partial charge is 0.479 e. The van der Waals surface area contributed by atoms with Crippen molar-refractivity contribution >= 4 is 11.7 Å². The lowest BCUT2D eigenvalue weighted by Crippen LogP contribution is -2.21. The van der Waals surface area contributed by atoms with Crippen LogP contribution in [0.3, 0.4) is 0 Å². The number of carboxylic acids is 1. The molecule has 1 unspecified atom stereocenters. The van der Waals surface area contributed by atoms with Gasteiger partial charge in [0.15, 0.2) is 6.04 Å². The zero-order chi connectivity index (χ0) is 14.7. The smallest absolute Gasteiger partial charge is 0.330 e. The number of aliphatic carboxylic acids is 1. The van der Waals surface area contributed by atoms with Gasteiger partial charge in [0.1, 0.15) is 11.6 Å². The first-order valence-electron chi connectivity index (χ1n) is 5.98. The molecule has 0 saturated heterocycles. The van der Waals surface area contributed by atoms with Crippen LogP contribution in [-0.2, 0) is 4.79 Å². The van der Waals surface area contributed by atoms with Gasteiger partial charge < -0.3 is 10.4 Å². The molecule has 3 nitrogen and oxygen atoms in total. The lowest BCUT2D eigenvalue weighted by atomic mass is 10.1. The molecule has 0 saturated carbocycles. The first-order valence-corrected chi connectivity index (χ1v) is 5.98. The second-order valence-electron chi connectivity index (χ2n) is 4.45. The molecule has 0 bridgehead atoms. The van der Waals surface area contributed by atoms with Crippen LogP contribution >= 0.6 is 0 Å². The highest BCUT2D eigenvalue weighted by atomic mass is 19.1. The van der Waals surface area contributed by atoms with Crippen LogP contribution in [0, 0.1) is 18.6 Å². The van der Waals surface area contributed by atoms with Crippen LogP contribution in [0.25, 0.3) is 0 Å². The van der Waals surface area contributed by atoms with E-state index < -0.39 is 23.6 Å². The van der Waals surface area contributed by atoms with Gasteiger partial charge >= 0.3 is 5.97 Å². The van der Waals surface area contributed by atoms with Gasteiger partial charge in [0.05, 0.1) is 0 Å². The van der Waals surface area contributed by atoms with Gasteiger partial charge in [-0.05, 0) is 30.7 Å². The molecule has 2 aromatic rings. The van der Waals surface area contributed by atoms with Gasteiger partial charge in [0, 0.05) is 17.3 Å². The van der Waals surface area contributed by atoms with Crippen LogP contribution < -0.4 is 5.32 Å². The van der Waals surface area contributed by atoms with Gasteiger partial charge in [-0.1, -0.05) is 18.2 Å². The second kappa shape index (κ2) is 5.69. The summed E-state index contributed by atoms with van der Waals surface area (Å²) >= 11 is 0. The maximum Gasteiger partial charge on any atom is 0.330 e. The Hall–Kier alpha value is -2.43. The minimum atomic E-state index is -1.28. The summed E-state index contributed by atoms with van der Waals surface area (Å²) in [5, 5.41) is 12.0. The van der Waals surface area contributed by atoms with Crippen LogP contribution in [0.15, 0.2) is 42.5 Å². The van der Waals surface area contributed by atoms with Gasteiger partial charge in [-0.25, -0.2) is 13.6 Å². The topological polar surface area (TPSA) is 49.3 Å². The van der Waals surface area contributed by atoms with Crippen LogP contribution in [0.5, 0.6) is 0 Å². The fourth-order valence-electron chi connectivity index (χ4n) is 1.91. The first kappa shape index (κ1) is 14.0. The van der Waals surface area contributed by atoms with Crippen molar-refractivity contribution in [3.05, 3.63) is 65.2 Å². The van der Waals surface area contributed by atoms with E-state index in [0.29, 0.717) is 11.8 Å². The molecule has 104 valence electrons. The van der Waals surface area contributed by atoms with Crippen LogP contribution in [0.1, 0.15) is 17.2 Å². The first-order chi connectivity index (χ1) is 9.47. The van der Waals surface area contributed by atoms with Gasteiger partial charge in [-0.15, -0.1) is 0 Å². The Balaban J connectivity index is 2.34. The fraction of sp³-hybridized carbons (Fsp3) is 0.133. The van der Waals surface area contributed by atoms with E-state index in [2.05, 4.69) is 5.32 Å². The number of anilines is 1. The molecular weight excluding hydrogens is 264 g/mol. The molecule has 0 aliphatic heterocycles. The molecule has 2 aromatic carbocycles. The van der Waals surface area contributed by atoms with Crippen molar-refractivity contribution in [1.29, 1.82) is 0 Å². The third-order valence-corrected chi connectivity index (χ3v) is 2.85. The molecule has 5 heteroatoms. The Morgan fingerprint density at radius 2 is 1.95 bits per heavy atom. The maximum absolute atomic E-state index is 13.7. The van der Waals surface area contributed by atoms with Crippen molar-refractivity contribution in [3.63, 3.8) is 0 Å². The number of carboxylic acid groups (broad SMARTS) is 1. The number of hydrogen-bond acceptors (Lipinski definition) is 2. The Morgan fingerprint density at radius 3 is 2.55 bits per heavy atom. The summed E-state index contributed by atoms with van der Waals surface area (Å²) in [6.07, 6.45) is 0. The van der Waals surface area contributed by atoms with Gasteiger partial charge in [-0.2, -0.15) is 0 Å².